The van der Waals surface area contributed by atoms with Gasteiger partial charge < -0.3 is 0 Å². The Kier molecular flexibility index (Phi) is 2.47. The zero-order chi connectivity index (χ0) is 14.4. The van der Waals surface area contributed by atoms with Crippen molar-refractivity contribution in [3.05, 3.63) is 54.4 Å². The first-order valence-corrected chi connectivity index (χ1v) is 6.30. The second kappa shape index (κ2) is 4.34. The van der Waals surface area contributed by atoms with E-state index in [1.54, 1.807) is 15.6 Å². The number of para-hydroxylation sites is 1. The predicted octanol–water partition coefficient (Wildman–Crippen LogP) is 2.73. The maximum absolute atomic E-state index is 12.6. The average molecular weight is 285 g/mol. The Labute approximate surface area is 118 Å². The van der Waals surface area contributed by atoms with Crippen molar-refractivity contribution in [3.63, 3.8) is 0 Å². The van der Waals surface area contributed by atoms with Crippen LogP contribution in [0.5, 0.6) is 0 Å². The molecule has 0 amide bonds. The normalized spacial score (nSPS) is 12.1. The van der Waals surface area contributed by atoms with Gasteiger partial charge in [-0.3, -0.25) is 4.57 Å². The molecule has 0 radical (unpaired) electrons. The van der Waals surface area contributed by atoms with Crippen molar-refractivity contribution in [1.82, 2.24) is 24.3 Å². The third kappa shape index (κ3) is 1.78. The minimum Gasteiger partial charge on any atom is -0.300 e. The van der Waals surface area contributed by atoms with Crippen molar-refractivity contribution in [2.75, 3.05) is 0 Å². The van der Waals surface area contributed by atoms with Crippen LogP contribution in [0.4, 0.5) is 8.78 Å². The molecule has 104 valence electrons. The van der Waals surface area contributed by atoms with E-state index in [-0.39, 0.29) is 5.69 Å². The van der Waals surface area contributed by atoms with Gasteiger partial charge in [0.15, 0.2) is 5.82 Å². The number of benzene rings is 1. The molecule has 0 bridgehead atoms. The van der Waals surface area contributed by atoms with Gasteiger partial charge >= 0.3 is 0 Å². The van der Waals surface area contributed by atoms with Gasteiger partial charge in [0.25, 0.3) is 6.08 Å². The Bertz CT molecular complexity index is 858. The second-order valence-electron chi connectivity index (χ2n) is 4.64. The average Bonchev–Trinajstić information content (AvgIpc) is 3.05. The minimum atomic E-state index is -1.77. The van der Waals surface area contributed by atoms with Crippen LogP contribution in [0.15, 0.2) is 43.0 Å². The summed E-state index contributed by atoms with van der Waals surface area (Å²) >= 11 is 0. The van der Waals surface area contributed by atoms with Crippen molar-refractivity contribution in [3.8, 4) is 17.1 Å². The zero-order valence-electron chi connectivity index (χ0n) is 10.7. The number of hydrogen-bond donors (Lipinski definition) is 0. The molecule has 0 unspecified atom stereocenters. The molecule has 0 fully saturated rings. The molecule has 5 nitrogen and oxygen atoms in total. The van der Waals surface area contributed by atoms with Gasteiger partial charge in [-0.05, 0) is 12.1 Å². The van der Waals surface area contributed by atoms with Crippen molar-refractivity contribution >= 4 is 6.08 Å². The topological polar surface area (TPSA) is 48.5 Å². The van der Waals surface area contributed by atoms with Crippen LogP contribution >= 0.6 is 0 Å². The molecule has 0 spiro atoms. The third-order valence-electron chi connectivity index (χ3n) is 3.46. The lowest BCUT2D eigenvalue weighted by molar-refractivity contribution is 0.429. The molecule has 0 saturated carbocycles. The van der Waals surface area contributed by atoms with Gasteiger partial charge in [-0.25, -0.2) is 14.6 Å². The molecule has 1 aliphatic heterocycles. The van der Waals surface area contributed by atoms with Crippen molar-refractivity contribution in [1.29, 1.82) is 0 Å². The highest BCUT2D eigenvalue weighted by molar-refractivity contribution is 5.69. The molecule has 3 aromatic rings. The summed E-state index contributed by atoms with van der Waals surface area (Å²) in [6.45, 7) is 0.336. The zero-order valence-corrected chi connectivity index (χ0v) is 10.7. The highest BCUT2D eigenvalue weighted by Crippen LogP contribution is 2.31. The summed E-state index contributed by atoms with van der Waals surface area (Å²) in [6, 6.07) is 7.63. The van der Waals surface area contributed by atoms with Gasteiger partial charge in [0.05, 0.1) is 23.6 Å². The monoisotopic (exact) mass is 285 g/mol. The molecule has 0 saturated heterocycles. The van der Waals surface area contributed by atoms with Gasteiger partial charge in [0.1, 0.15) is 12.7 Å². The standard InChI is InChI=1S/C14H9F2N5/c15-13(16)5-10-12-6-21-14(17-7-19-21)9-3-1-2-4-11(9)20(12)8-18-10/h1-5,7-8H,6H2. The highest BCUT2D eigenvalue weighted by atomic mass is 19.3. The molecule has 0 atom stereocenters. The van der Waals surface area contributed by atoms with Gasteiger partial charge in [-0.1, -0.05) is 12.1 Å². The molecule has 0 aliphatic carbocycles. The summed E-state index contributed by atoms with van der Waals surface area (Å²) in [5.41, 5.74) is 2.64. The molecule has 1 aliphatic rings. The van der Waals surface area contributed by atoms with Gasteiger partial charge in [0.2, 0.25) is 0 Å². The summed E-state index contributed by atoms with van der Waals surface area (Å²) < 4.78 is 28.7. The number of nitrogens with zero attached hydrogens (tertiary/aromatic N) is 5. The largest absolute Gasteiger partial charge is 0.300 e. The number of hydrogen-bond acceptors (Lipinski definition) is 3. The fourth-order valence-electron chi connectivity index (χ4n) is 2.58. The molecule has 0 N–H and O–H groups in total. The number of rotatable bonds is 1. The minimum absolute atomic E-state index is 0.244. The van der Waals surface area contributed by atoms with E-state index in [0.29, 0.717) is 18.1 Å². The second-order valence-corrected chi connectivity index (χ2v) is 4.64. The van der Waals surface area contributed by atoms with Crippen LogP contribution < -0.4 is 0 Å². The number of halogens is 2. The molecule has 7 heteroatoms. The fraction of sp³-hybridized carbons (Fsp3) is 0.0714. The first-order valence-electron chi connectivity index (χ1n) is 6.30. The van der Waals surface area contributed by atoms with Crippen molar-refractivity contribution in [2.24, 2.45) is 0 Å². The van der Waals surface area contributed by atoms with Gasteiger partial charge in [-0.2, -0.15) is 13.9 Å². The van der Waals surface area contributed by atoms with E-state index < -0.39 is 6.08 Å². The van der Waals surface area contributed by atoms with E-state index in [2.05, 4.69) is 15.1 Å². The summed E-state index contributed by atoms with van der Waals surface area (Å²) in [6.07, 6.45) is 2.02. The summed E-state index contributed by atoms with van der Waals surface area (Å²) in [7, 11) is 0. The smallest absolute Gasteiger partial charge is 0.272 e. The molecule has 1 aromatic carbocycles. The lowest BCUT2D eigenvalue weighted by Gasteiger charge is -2.07. The van der Waals surface area contributed by atoms with Crippen molar-refractivity contribution in [2.45, 2.75) is 6.54 Å². The van der Waals surface area contributed by atoms with E-state index >= 15 is 0 Å². The quantitative estimate of drug-likeness (QED) is 0.540. The van der Waals surface area contributed by atoms with Crippen LogP contribution in [-0.4, -0.2) is 24.3 Å². The predicted molar refractivity (Wildman–Crippen MR) is 71.9 cm³/mol. The molecule has 2 aromatic heterocycles. The Morgan fingerprint density at radius 2 is 2.05 bits per heavy atom. The van der Waals surface area contributed by atoms with Crippen LogP contribution in [0.3, 0.4) is 0 Å². The Morgan fingerprint density at radius 1 is 1.19 bits per heavy atom. The van der Waals surface area contributed by atoms with Gasteiger partial charge in [0, 0.05) is 11.6 Å². The van der Waals surface area contributed by atoms with E-state index in [1.807, 2.05) is 24.3 Å². The van der Waals surface area contributed by atoms with Gasteiger partial charge in [-0.15, -0.1) is 0 Å². The number of imidazole rings is 1. The first-order chi connectivity index (χ1) is 10.2. The Hall–Kier alpha value is -2.83. The van der Waals surface area contributed by atoms with Crippen LogP contribution in [0.2, 0.25) is 0 Å². The van der Waals surface area contributed by atoms with Crippen LogP contribution in [-0.2, 0) is 6.54 Å². The maximum atomic E-state index is 12.6. The lowest BCUT2D eigenvalue weighted by atomic mass is 10.1. The molecular weight excluding hydrogens is 276 g/mol. The number of fused-ring (bicyclic) bond motifs is 5. The van der Waals surface area contributed by atoms with E-state index in [0.717, 1.165) is 17.3 Å². The molecular formula is C14H9F2N5. The molecule has 3 heterocycles. The number of aromatic nitrogens is 5. The van der Waals surface area contributed by atoms with Crippen LogP contribution in [0.1, 0.15) is 11.4 Å². The first kappa shape index (κ1) is 12.0. The summed E-state index contributed by atoms with van der Waals surface area (Å²) in [5, 5.41) is 4.17. The van der Waals surface area contributed by atoms with Crippen molar-refractivity contribution < 1.29 is 8.78 Å². The maximum Gasteiger partial charge on any atom is 0.272 e. The fourth-order valence-corrected chi connectivity index (χ4v) is 2.58. The Balaban J connectivity index is 2.04. The van der Waals surface area contributed by atoms with E-state index in [9.17, 15) is 8.78 Å². The molecule has 4 rings (SSSR count). The third-order valence-corrected chi connectivity index (χ3v) is 3.46. The van der Waals surface area contributed by atoms with E-state index in [1.165, 1.54) is 6.33 Å². The summed E-state index contributed by atoms with van der Waals surface area (Å²) in [4.78, 5) is 8.35. The Morgan fingerprint density at radius 3 is 2.90 bits per heavy atom. The SMILES string of the molecule is FC(F)=Cc1ncn2c1Cn1ncnc1-c1ccccc1-2. The lowest BCUT2D eigenvalue weighted by Crippen LogP contribution is -2.05. The van der Waals surface area contributed by atoms with Crippen LogP contribution in [0, 0.1) is 0 Å². The highest BCUT2D eigenvalue weighted by Gasteiger charge is 2.22. The van der Waals surface area contributed by atoms with E-state index in [4.69, 9.17) is 0 Å². The van der Waals surface area contributed by atoms with Crippen LogP contribution in [0.25, 0.3) is 23.2 Å². The molecule has 21 heavy (non-hydrogen) atoms. The summed E-state index contributed by atoms with van der Waals surface area (Å²) in [5.74, 6) is 0.713.